The lowest BCUT2D eigenvalue weighted by atomic mass is 9.99. The van der Waals surface area contributed by atoms with E-state index in [0.717, 1.165) is 38.4 Å². The van der Waals surface area contributed by atoms with Crippen LogP contribution in [0.1, 0.15) is 33.1 Å². The Labute approximate surface area is 177 Å². The zero-order chi connectivity index (χ0) is 20.3. The Kier molecular flexibility index (Phi) is 5.20. The van der Waals surface area contributed by atoms with E-state index in [0.29, 0.717) is 12.1 Å². The van der Waals surface area contributed by atoms with Gasteiger partial charge in [-0.25, -0.2) is 4.98 Å². The fourth-order valence-electron chi connectivity index (χ4n) is 4.42. The molecule has 3 aromatic rings. The highest BCUT2D eigenvalue weighted by Crippen LogP contribution is 2.23. The van der Waals surface area contributed by atoms with Gasteiger partial charge in [-0.1, -0.05) is 54.6 Å². The van der Waals surface area contributed by atoms with Crippen molar-refractivity contribution in [3.05, 3.63) is 95.2 Å². The molecule has 2 aliphatic rings. The molecule has 2 aliphatic heterocycles. The molecule has 3 heterocycles. The summed E-state index contributed by atoms with van der Waals surface area (Å²) < 4.78 is 0. The first-order valence-electron chi connectivity index (χ1n) is 10.6. The number of hydrogen-bond acceptors (Lipinski definition) is 4. The second-order valence-corrected chi connectivity index (χ2v) is 8.01. The SMILES string of the molecule is O=C(c1ccc(N2CCNC(c3ccccc3)C2)nc1)N1CCc2ccccc2C1. The molecule has 0 aliphatic carbocycles. The Bertz CT molecular complexity index is 1020. The molecule has 1 unspecified atom stereocenters. The molecule has 2 aromatic carbocycles. The van der Waals surface area contributed by atoms with Gasteiger partial charge in [-0.05, 0) is 35.2 Å². The number of rotatable bonds is 3. The van der Waals surface area contributed by atoms with Crippen molar-refractivity contribution in [1.29, 1.82) is 0 Å². The van der Waals surface area contributed by atoms with Crippen LogP contribution in [0, 0.1) is 0 Å². The second-order valence-electron chi connectivity index (χ2n) is 8.01. The van der Waals surface area contributed by atoms with Gasteiger partial charge in [0.2, 0.25) is 0 Å². The molecule has 1 fully saturated rings. The van der Waals surface area contributed by atoms with E-state index in [1.54, 1.807) is 6.20 Å². The van der Waals surface area contributed by atoms with Crippen LogP contribution in [0.15, 0.2) is 72.9 Å². The number of anilines is 1. The number of hydrogen-bond donors (Lipinski definition) is 1. The summed E-state index contributed by atoms with van der Waals surface area (Å²) in [6, 6.07) is 23.1. The molecule has 5 nitrogen and oxygen atoms in total. The van der Waals surface area contributed by atoms with E-state index in [1.165, 1.54) is 16.7 Å². The highest BCUT2D eigenvalue weighted by atomic mass is 16.2. The molecule has 5 heteroatoms. The summed E-state index contributed by atoms with van der Waals surface area (Å²) in [6.45, 7) is 4.12. The van der Waals surface area contributed by atoms with Crippen molar-refractivity contribution >= 4 is 11.7 Å². The lowest BCUT2D eigenvalue weighted by molar-refractivity contribution is 0.0734. The highest BCUT2D eigenvalue weighted by Gasteiger charge is 2.24. The summed E-state index contributed by atoms with van der Waals surface area (Å²) >= 11 is 0. The number of nitrogens with zero attached hydrogens (tertiary/aromatic N) is 3. The van der Waals surface area contributed by atoms with Crippen LogP contribution in [-0.4, -0.2) is 42.0 Å². The minimum Gasteiger partial charge on any atom is -0.353 e. The van der Waals surface area contributed by atoms with Crippen LogP contribution in [-0.2, 0) is 13.0 Å². The van der Waals surface area contributed by atoms with Gasteiger partial charge in [0.25, 0.3) is 5.91 Å². The van der Waals surface area contributed by atoms with Gasteiger partial charge in [-0.3, -0.25) is 4.79 Å². The van der Waals surface area contributed by atoms with Crippen molar-refractivity contribution < 1.29 is 4.79 Å². The third-order valence-corrected chi connectivity index (χ3v) is 6.11. The number of amides is 1. The predicted molar refractivity (Wildman–Crippen MR) is 119 cm³/mol. The Morgan fingerprint density at radius 2 is 1.73 bits per heavy atom. The summed E-state index contributed by atoms with van der Waals surface area (Å²) in [6.07, 6.45) is 2.65. The van der Waals surface area contributed by atoms with Crippen molar-refractivity contribution in [1.82, 2.24) is 15.2 Å². The summed E-state index contributed by atoms with van der Waals surface area (Å²) in [5.74, 6) is 0.990. The molecule has 30 heavy (non-hydrogen) atoms. The zero-order valence-electron chi connectivity index (χ0n) is 17.0. The average molecular weight is 399 g/mol. The minimum atomic E-state index is 0.0611. The molecule has 0 bridgehead atoms. The molecule has 0 spiro atoms. The van der Waals surface area contributed by atoms with Crippen molar-refractivity contribution in [2.24, 2.45) is 0 Å². The maximum atomic E-state index is 13.0. The number of fused-ring (bicyclic) bond motifs is 1. The first-order chi connectivity index (χ1) is 14.8. The number of carbonyl (C=O) groups is 1. The summed E-state index contributed by atoms with van der Waals surface area (Å²) in [5, 5.41) is 3.59. The van der Waals surface area contributed by atoms with Crippen LogP contribution in [0.5, 0.6) is 0 Å². The molecule has 5 rings (SSSR count). The molecule has 0 saturated carbocycles. The Balaban J connectivity index is 1.27. The van der Waals surface area contributed by atoms with E-state index in [4.69, 9.17) is 0 Å². The Morgan fingerprint density at radius 3 is 2.53 bits per heavy atom. The smallest absolute Gasteiger partial charge is 0.255 e. The lowest BCUT2D eigenvalue weighted by Gasteiger charge is -2.35. The van der Waals surface area contributed by atoms with Crippen LogP contribution >= 0.6 is 0 Å². The van der Waals surface area contributed by atoms with Gasteiger partial charge < -0.3 is 15.1 Å². The van der Waals surface area contributed by atoms with Crippen LogP contribution in [0.3, 0.4) is 0 Å². The molecule has 152 valence electrons. The van der Waals surface area contributed by atoms with Gasteiger partial charge in [0.05, 0.1) is 5.56 Å². The van der Waals surface area contributed by atoms with Crippen LogP contribution < -0.4 is 10.2 Å². The number of benzene rings is 2. The highest BCUT2D eigenvalue weighted by molar-refractivity contribution is 5.94. The van der Waals surface area contributed by atoms with Gasteiger partial charge in [0, 0.05) is 45.0 Å². The van der Waals surface area contributed by atoms with E-state index < -0.39 is 0 Å². The van der Waals surface area contributed by atoms with Crippen molar-refractivity contribution in [2.75, 3.05) is 31.1 Å². The monoisotopic (exact) mass is 398 g/mol. The normalized spacial score (nSPS) is 18.7. The number of pyridine rings is 1. The van der Waals surface area contributed by atoms with Gasteiger partial charge in [-0.15, -0.1) is 0 Å². The number of carbonyl (C=O) groups excluding carboxylic acids is 1. The molecular weight excluding hydrogens is 372 g/mol. The molecule has 1 aromatic heterocycles. The molecular formula is C25H26N4O. The first-order valence-corrected chi connectivity index (χ1v) is 10.6. The third kappa shape index (κ3) is 3.81. The van der Waals surface area contributed by atoms with Gasteiger partial charge >= 0.3 is 0 Å². The van der Waals surface area contributed by atoms with Gasteiger partial charge in [0.1, 0.15) is 5.82 Å². The van der Waals surface area contributed by atoms with Crippen molar-refractivity contribution in [3.63, 3.8) is 0 Å². The standard InChI is InChI=1S/C25H26N4O/c30-25(29-14-12-19-6-4-5-9-22(19)17-29)21-10-11-24(27-16-21)28-15-13-26-23(18-28)20-7-2-1-3-8-20/h1-11,16,23,26H,12-15,17-18H2. The molecule has 1 atom stereocenters. The average Bonchev–Trinajstić information content (AvgIpc) is 2.84. The maximum absolute atomic E-state index is 13.0. The van der Waals surface area contributed by atoms with E-state index >= 15 is 0 Å². The minimum absolute atomic E-state index is 0.0611. The first kappa shape index (κ1) is 18.8. The van der Waals surface area contributed by atoms with E-state index in [2.05, 4.69) is 57.7 Å². The van der Waals surface area contributed by atoms with Gasteiger partial charge in [0.15, 0.2) is 0 Å². The second kappa shape index (κ2) is 8.28. The van der Waals surface area contributed by atoms with Crippen LogP contribution in [0.2, 0.25) is 0 Å². The largest absolute Gasteiger partial charge is 0.353 e. The van der Waals surface area contributed by atoms with Crippen LogP contribution in [0.4, 0.5) is 5.82 Å². The Hall–Kier alpha value is -3.18. The van der Waals surface area contributed by atoms with Crippen LogP contribution in [0.25, 0.3) is 0 Å². The van der Waals surface area contributed by atoms with E-state index in [-0.39, 0.29) is 11.9 Å². The molecule has 1 saturated heterocycles. The quantitative estimate of drug-likeness (QED) is 0.734. The summed E-state index contributed by atoms with van der Waals surface area (Å²) in [4.78, 5) is 21.9. The fourth-order valence-corrected chi connectivity index (χ4v) is 4.42. The number of piperazine rings is 1. The summed E-state index contributed by atoms with van der Waals surface area (Å²) in [5.41, 5.74) is 4.54. The molecule has 1 N–H and O–H groups in total. The van der Waals surface area contributed by atoms with E-state index in [1.807, 2.05) is 29.2 Å². The summed E-state index contributed by atoms with van der Waals surface area (Å²) in [7, 11) is 0. The molecule has 1 amide bonds. The molecule has 0 radical (unpaired) electrons. The van der Waals surface area contributed by atoms with Crippen molar-refractivity contribution in [2.45, 2.75) is 19.0 Å². The third-order valence-electron chi connectivity index (χ3n) is 6.11. The zero-order valence-corrected chi connectivity index (χ0v) is 17.0. The topological polar surface area (TPSA) is 48.5 Å². The lowest BCUT2D eigenvalue weighted by Crippen LogP contribution is -2.46. The predicted octanol–water partition coefficient (Wildman–Crippen LogP) is 3.43. The van der Waals surface area contributed by atoms with Crippen molar-refractivity contribution in [3.8, 4) is 0 Å². The number of nitrogens with one attached hydrogen (secondary N) is 1. The number of aromatic nitrogens is 1. The van der Waals surface area contributed by atoms with E-state index in [9.17, 15) is 4.79 Å². The van der Waals surface area contributed by atoms with Gasteiger partial charge in [-0.2, -0.15) is 0 Å². The Morgan fingerprint density at radius 1 is 0.933 bits per heavy atom. The maximum Gasteiger partial charge on any atom is 0.255 e. The fraction of sp³-hybridized carbons (Fsp3) is 0.280.